The van der Waals surface area contributed by atoms with Gasteiger partial charge in [-0.1, -0.05) is 0 Å². The second kappa shape index (κ2) is 3.95. The summed E-state index contributed by atoms with van der Waals surface area (Å²) in [5.41, 5.74) is -1.16. The largest absolute Gasteiger partial charge is 0.305 e. The lowest BCUT2D eigenvalue weighted by Crippen LogP contribution is -2.03. The smallest absolute Gasteiger partial charge is 0.298 e. The molecule has 0 aliphatic rings. The van der Waals surface area contributed by atoms with Gasteiger partial charge in [0.15, 0.2) is 12.1 Å². The number of rotatable bonds is 3. The van der Waals surface area contributed by atoms with Crippen LogP contribution in [-0.2, 0) is 0 Å². The van der Waals surface area contributed by atoms with Crippen molar-refractivity contribution in [2.45, 2.75) is 6.92 Å². The first-order valence-electron chi connectivity index (χ1n) is 3.91. The number of carbonyl (C=O) groups is 2. The van der Waals surface area contributed by atoms with E-state index < -0.39 is 22.2 Å². The van der Waals surface area contributed by atoms with Gasteiger partial charge in [0.25, 0.3) is 0 Å². The fourth-order valence-corrected chi connectivity index (χ4v) is 1.12. The predicted octanol–water partition coefficient (Wildman–Crippen LogP) is 1.75. The highest BCUT2D eigenvalue weighted by Crippen LogP contribution is 2.21. The number of hydrogen-bond donors (Lipinski definition) is 0. The lowest BCUT2D eigenvalue weighted by Gasteiger charge is -2.01. The summed E-state index contributed by atoms with van der Waals surface area (Å²) in [6, 6.07) is 1.45. The standard InChI is InChI=1S/C9H6FNO4/c1-5(13)7-3-9(11(14)15)8(10)2-6(7)4-12/h2-4H,1H3. The Labute approximate surface area is 83.7 Å². The molecular formula is C9H6FNO4. The van der Waals surface area contributed by atoms with Gasteiger partial charge in [-0.05, 0) is 13.0 Å². The summed E-state index contributed by atoms with van der Waals surface area (Å²) in [5, 5.41) is 10.4. The molecule has 0 fully saturated rings. The Morgan fingerprint density at radius 1 is 1.53 bits per heavy atom. The van der Waals surface area contributed by atoms with Crippen molar-refractivity contribution in [1.82, 2.24) is 0 Å². The van der Waals surface area contributed by atoms with Gasteiger partial charge < -0.3 is 0 Å². The van der Waals surface area contributed by atoms with Gasteiger partial charge in [-0.25, -0.2) is 0 Å². The van der Waals surface area contributed by atoms with E-state index in [4.69, 9.17) is 0 Å². The minimum atomic E-state index is -1.13. The number of ketones is 1. The Bertz CT molecular complexity index is 456. The molecule has 5 nitrogen and oxygen atoms in total. The maximum atomic E-state index is 13.0. The van der Waals surface area contributed by atoms with E-state index in [9.17, 15) is 24.1 Å². The minimum Gasteiger partial charge on any atom is -0.298 e. The maximum absolute atomic E-state index is 13.0. The number of aldehydes is 1. The molecule has 15 heavy (non-hydrogen) atoms. The van der Waals surface area contributed by atoms with Crippen LogP contribution in [0.3, 0.4) is 0 Å². The summed E-state index contributed by atoms with van der Waals surface area (Å²) in [5.74, 6) is -1.66. The lowest BCUT2D eigenvalue weighted by atomic mass is 10.0. The van der Waals surface area contributed by atoms with Crippen LogP contribution in [0.5, 0.6) is 0 Å². The molecule has 0 saturated heterocycles. The molecule has 0 amide bonds. The van der Waals surface area contributed by atoms with Crippen LogP contribution in [0, 0.1) is 15.9 Å². The number of halogens is 1. The minimum absolute atomic E-state index is 0.155. The van der Waals surface area contributed by atoms with E-state index in [1.807, 2.05) is 0 Å². The highest BCUT2D eigenvalue weighted by atomic mass is 19.1. The van der Waals surface area contributed by atoms with Gasteiger partial charge in [-0.15, -0.1) is 0 Å². The van der Waals surface area contributed by atoms with E-state index in [0.29, 0.717) is 6.07 Å². The summed E-state index contributed by atoms with van der Waals surface area (Å²) >= 11 is 0. The number of Topliss-reactive ketones (excluding diaryl/α,β-unsaturated/α-hetero) is 1. The first-order valence-corrected chi connectivity index (χ1v) is 3.91. The zero-order valence-electron chi connectivity index (χ0n) is 7.69. The quantitative estimate of drug-likeness (QED) is 0.330. The van der Waals surface area contributed by atoms with Gasteiger partial charge in [-0.2, -0.15) is 4.39 Å². The Balaban J connectivity index is 3.50. The zero-order valence-corrected chi connectivity index (χ0v) is 7.69. The van der Waals surface area contributed by atoms with Gasteiger partial charge in [-0.3, -0.25) is 19.7 Å². The topological polar surface area (TPSA) is 77.3 Å². The van der Waals surface area contributed by atoms with Crippen LogP contribution in [0.2, 0.25) is 0 Å². The van der Waals surface area contributed by atoms with Crippen molar-refractivity contribution in [2.24, 2.45) is 0 Å². The molecule has 0 spiro atoms. The third kappa shape index (κ3) is 2.04. The molecule has 0 N–H and O–H groups in total. The predicted molar refractivity (Wildman–Crippen MR) is 48.4 cm³/mol. The van der Waals surface area contributed by atoms with Crippen LogP contribution in [0.15, 0.2) is 12.1 Å². The summed E-state index contributed by atoms with van der Waals surface area (Å²) in [4.78, 5) is 30.9. The number of nitro benzene ring substituents is 1. The molecule has 0 aliphatic carbocycles. The maximum Gasteiger partial charge on any atom is 0.305 e. The van der Waals surface area contributed by atoms with Crippen LogP contribution in [-0.4, -0.2) is 17.0 Å². The van der Waals surface area contributed by atoms with E-state index in [-0.39, 0.29) is 17.4 Å². The van der Waals surface area contributed by atoms with Crippen molar-refractivity contribution < 1.29 is 18.9 Å². The van der Waals surface area contributed by atoms with Crippen molar-refractivity contribution in [3.63, 3.8) is 0 Å². The molecule has 0 aromatic heterocycles. The van der Waals surface area contributed by atoms with Crippen molar-refractivity contribution in [2.75, 3.05) is 0 Å². The SMILES string of the molecule is CC(=O)c1cc([N+](=O)[O-])c(F)cc1C=O. The van der Waals surface area contributed by atoms with Crippen LogP contribution >= 0.6 is 0 Å². The molecule has 0 unspecified atom stereocenters. The average molecular weight is 211 g/mol. The molecule has 1 rings (SSSR count). The number of carbonyl (C=O) groups excluding carboxylic acids is 2. The fraction of sp³-hybridized carbons (Fsp3) is 0.111. The van der Waals surface area contributed by atoms with Gasteiger partial charge in [0.1, 0.15) is 0 Å². The number of nitro groups is 1. The second-order valence-electron chi connectivity index (χ2n) is 2.82. The van der Waals surface area contributed by atoms with Gasteiger partial charge in [0.05, 0.1) is 4.92 Å². The van der Waals surface area contributed by atoms with E-state index >= 15 is 0 Å². The molecule has 0 bridgehead atoms. The van der Waals surface area contributed by atoms with E-state index in [0.717, 1.165) is 13.0 Å². The van der Waals surface area contributed by atoms with Crippen molar-refractivity contribution in [3.05, 3.63) is 39.2 Å². The number of benzene rings is 1. The van der Waals surface area contributed by atoms with Crippen LogP contribution in [0.1, 0.15) is 27.6 Å². The molecular weight excluding hydrogens is 205 g/mol. The van der Waals surface area contributed by atoms with Gasteiger partial charge in [0, 0.05) is 17.2 Å². The molecule has 6 heteroatoms. The third-order valence-electron chi connectivity index (χ3n) is 1.82. The zero-order chi connectivity index (χ0) is 11.6. The van der Waals surface area contributed by atoms with Crippen molar-refractivity contribution >= 4 is 17.8 Å². The highest BCUT2D eigenvalue weighted by molar-refractivity contribution is 6.02. The summed E-state index contributed by atoms with van der Waals surface area (Å²) < 4.78 is 13.0. The first-order chi connectivity index (χ1) is 6.97. The molecule has 0 heterocycles. The third-order valence-corrected chi connectivity index (χ3v) is 1.82. The van der Waals surface area contributed by atoms with Crippen LogP contribution < -0.4 is 0 Å². The molecule has 0 atom stereocenters. The summed E-state index contributed by atoms with van der Waals surface area (Å²) in [7, 11) is 0. The monoisotopic (exact) mass is 211 g/mol. The Kier molecular flexibility index (Phi) is 2.89. The lowest BCUT2D eigenvalue weighted by molar-refractivity contribution is -0.387. The highest BCUT2D eigenvalue weighted by Gasteiger charge is 2.19. The molecule has 0 saturated carbocycles. The van der Waals surface area contributed by atoms with Crippen molar-refractivity contribution in [1.29, 1.82) is 0 Å². The second-order valence-corrected chi connectivity index (χ2v) is 2.82. The number of nitrogens with zero attached hydrogens (tertiary/aromatic N) is 1. The van der Waals surface area contributed by atoms with E-state index in [1.165, 1.54) is 0 Å². The fourth-order valence-electron chi connectivity index (χ4n) is 1.12. The molecule has 78 valence electrons. The number of hydrogen-bond acceptors (Lipinski definition) is 4. The van der Waals surface area contributed by atoms with E-state index in [1.54, 1.807) is 0 Å². The van der Waals surface area contributed by atoms with Gasteiger partial charge >= 0.3 is 5.69 Å². The Hall–Kier alpha value is -2.11. The average Bonchev–Trinajstić information content (AvgIpc) is 2.16. The van der Waals surface area contributed by atoms with Crippen molar-refractivity contribution in [3.8, 4) is 0 Å². The Morgan fingerprint density at radius 3 is 2.53 bits per heavy atom. The van der Waals surface area contributed by atoms with Gasteiger partial charge in [0.2, 0.25) is 5.82 Å². The molecule has 0 aliphatic heterocycles. The molecule has 1 aromatic rings. The van der Waals surface area contributed by atoms with Crippen LogP contribution in [0.25, 0.3) is 0 Å². The molecule has 0 radical (unpaired) electrons. The normalized spacial score (nSPS) is 9.73. The first kappa shape index (κ1) is 11.0. The molecule has 1 aromatic carbocycles. The Morgan fingerprint density at radius 2 is 2.13 bits per heavy atom. The summed E-state index contributed by atoms with van der Waals surface area (Å²) in [6.07, 6.45) is 0.281. The van der Waals surface area contributed by atoms with Crippen LogP contribution in [0.4, 0.5) is 10.1 Å². The van der Waals surface area contributed by atoms with E-state index in [2.05, 4.69) is 0 Å². The summed E-state index contributed by atoms with van der Waals surface area (Å²) in [6.45, 7) is 1.14.